The van der Waals surface area contributed by atoms with Crippen molar-refractivity contribution < 1.29 is 57.0 Å². The van der Waals surface area contributed by atoms with E-state index in [9.17, 15) is 9.59 Å². The molecule has 12 heteroatoms. The summed E-state index contributed by atoms with van der Waals surface area (Å²) in [6.45, 7) is 10.4. The molecule has 0 radical (unpaired) electrons. The molecular formula is C31H52O12. The van der Waals surface area contributed by atoms with Gasteiger partial charge in [0.1, 0.15) is 25.2 Å². The van der Waals surface area contributed by atoms with E-state index in [1.807, 2.05) is 0 Å². The molecule has 43 heavy (non-hydrogen) atoms. The van der Waals surface area contributed by atoms with Crippen LogP contribution in [-0.2, 0) is 47.4 Å². The Hall–Kier alpha value is -2.16. The summed E-state index contributed by atoms with van der Waals surface area (Å²) in [4.78, 5) is 22.1. The summed E-state index contributed by atoms with van der Waals surface area (Å²) in [6, 6.07) is 6.93. The maximum atomic E-state index is 11.4. The molecular weight excluding hydrogens is 564 g/mol. The van der Waals surface area contributed by atoms with Crippen LogP contribution in [0.3, 0.4) is 0 Å². The summed E-state index contributed by atoms with van der Waals surface area (Å²) >= 11 is 0. The van der Waals surface area contributed by atoms with Gasteiger partial charge in [-0.3, -0.25) is 9.59 Å². The highest BCUT2D eigenvalue weighted by Crippen LogP contribution is 2.10. The van der Waals surface area contributed by atoms with Crippen LogP contribution in [0.1, 0.15) is 43.0 Å². The average Bonchev–Trinajstić information content (AvgIpc) is 3.02. The summed E-state index contributed by atoms with van der Waals surface area (Å²) in [5.41, 5.74) is 0.616. The first kappa shape index (κ1) is 38.9. The minimum absolute atomic E-state index is 0.162. The van der Waals surface area contributed by atoms with Gasteiger partial charge in [0.2, 0.25) is 0 Å². The monoisotopic (exact) mass is 616 g/mol. The molecule has 0 fully saturated rings. The molecule has 0 saturated carbocycles. The predicted octanol–water partition coefficient (Wildman–Crippen LogP) is 3.13. The molecule has 0 aliphatic heterocycles. The van der Waals surface area contributed by atoms with Gasteiger partial charge in [0.15, 0.2) is 0 Å². The number of hydrogen-bond acceptors (Lipinski definition) is 12. The van der Waals surface area contributed by atoms with Crippen molar-refractivity contribution in [1.29, 1.82) is 0 Å². The topological polar surface area (TPSA) is 126 Å². The molecule has 0 aromatic heterocycles. The van der Waals surface area contributed by atoms with E-state index in [0.29, 0.717) is 130 Å². The molecule has 0 N–H and O–H groups in total. The minimum atomic E-state index is -0.162. The molecule has 0 aliphatic carbocycles. The second-order valence-corrected chi connectivity index (χ2v) is 9.11. The van der Waals surface area contributed by atoms with E-state index in [4.69, 9.17) is 47.4 Å². The number of aldehydes is 1. The van der Waals surface area contributed by atoms with Gasteiger partial charge in [0, 0.05) is 12.0 Å². The normalized spacial score (nSPS) is 11.1. The molecule has 0 amide bonds. The predicted molar refractivity (Wildman–Crippen MR) is 159 cm³/mol. The van der Waals surface area contributed by atoms with Crippen molar-refractivity contribution in [3.63, 3.8) is 0 Å². The lowest BCUT2D eigenvalue weighted by atomic mass is 10.2. The summed E-state index contributed by atoms with van der Waals surface area (Å²) < 4.78 is 54.2. The largest absolute Gasteiger partial charge is 0.491 e. The van der Waals surface area contributed by atoms with Gasteiger partial charge in [-0.15, -0.1) is 0 Å². The summed E-state index contributed by atoms with van der Waals surface area (Å²) in [5, 5.41) is 0. The Kier molecular flexibility index (Phi) is 28.3. The van der Waals surface area contributed by atoms with Crippen LogP contribution in [0.4, 0.5) is 0 Å². The second kappa shape index (κ2) is 31.3. The zero-order valence-electron chi connectivity index (χ0n) is 25.8. The van der Waals surface area contributed by atoms with E-state index in [0.717, 1.165) is 25.5 Å². The Morgan fingerprint density at radius 1 is 0.535 bits per heavy atom. The van der Waals surface area contributed by atoms with Crippen LogP contribution in [-0.4, -0.2) is 131 Å². The highest BCUT2D eigenvalue weighted by atomic mass is 16.6. The van der Waals surface area contributed by atoms with Gasteiger partial charge >= 0.3 is 5.97 Å². The van der Waals surface area contributed by atoms with Gasteiger partial charge in [0.05, 0.1) is 106 Å². The first-order chi connectivity index (χ1) is 21.3. The van der Waals surface area contributed by atoms with Crippen molar-refractivity contribution in [2.75, 3.05) is 119 Å². The van der Waals surface area contributed by atoms with Gasteiger partial charge in [-0.1, -0.05) is 19.8 Å². The zero-order chi connectivity index (χ0) is 30.9. The van der Waals surface area contributed by atoms with Crippen LogP contribution >= 0.6 is 0 Å². The number of hydrogen-bond donors (Lipinski definition) is 0. The smallest absolute Gasteiger partial charge is 0.305 e. The van der Waals surface area contributed by atoms with E-state index < -0.39 is 0 Å². The van der Waals surface area contributed by atoms with E-state index in [1.165, 1.54) is 0 Å². The third-order valence-electron chi connectivity index (χ3n) is 5.59. The third-order valence-corrected chi connectivity index (χ3v) is 5.59. The Morgan fingerprint density at radius 2 is 0.907 bits per heavy atom. The van der Waals surface area contributed by atoms with Crippen molar-refractivity contribution >= 4 is 12.3 Å². The zero-order valence-corrected chi connectivity index (χ0v) is 25.8. The maximum Gasteiger partial charge on any atom is 0.305 e. The number of carbonyl (C=O) groups is 2. The molecule has 0 spiro atoms. The molecule has 1 aromatic rings. The summed E-state index contributed by atoms with van der Waals surface area (Å²) in [7, 11) is 0. The number of benzene rings is 1. The molecule has 12 nitrogen and oxygen atoms in total. The van der Waals surface area contributed by atoms with E-state index >= 15 is 0 Å². The molecule has 0 unspecified atom stereocenters. The standard InChI is InChI=1S/C31H52O12/c1-2-3-4-5-31(33)43-27-25-41-23-21-39-19-17-37-15-13-35-11-10-34-12-14-36-16-18-38-20-22-40-24-26-42-30-8-6-29(28-32)7-9-30/h6-9,28H,2-5,10-27H2,1H3. The average molecular weight is 617 g/mol. The van der Waals surface area contributed by atoms with Gasteiger partial charge in [-0.25, -0.2) is 0 Å². The van der Waals surface area contributed by atoms with Gasteiger partial charge in [0.25, 0.3) is 0 Å². The van der Waals surface area contributed by atoms with Crippen molar-refractivity contribution in [3.8, 4) is 5.75 Å². The molecule has 248 valence electrons. The Balaban J connectivity index is 1.66. The minimum Gasteiger partial charge on any atom is -0.491 e. The summed E-state index contributed by atoms with van der Waals surface area (Å²) in [5.74, 6) is 0.540. The van der Waals surface area contributed by atoms with Gasteiger partial charge in [-0.2, -0.15) is 0 Å². The summed E-state index contributed by atoms with van der Waals surface area (Å²) in [6.07, 6.45) is 4.28. The Bertz CT molecular complexity index is 747. The SMILES string of the molecule is CCCCCC(=O)OCCOCCOCCOCCOCCOCCOCCOCCOCCOc1ccc(C=O)cc1. The fourth-order valence-electron chi connectivity index (χ4n) is 3.31. The fraction of sp³-hybridized carbons (Fsp3) is 0.742. The Labute approximate surface area is 256 Å². The van der Waals surface area contributed by atoms with Crippen LogP contribution in [0.25, 0.3) is 0 Å². The van der Waals surface area contributed by atoms with E-state index in [-0.39, 0.29) is 12.6 Å². The van der Waals surface area contributed by atoms with Crippen LogP contribution in [0, 0.1) is 0 Å². The molecule has 1 aromatic carbocycles. The van der Waals surface area contributed by atoms with Crippen molar-refractivity contribution in [1.82, 2.24) is 0 Å². The lowest BCUT2D eigenvalue weighted by Gasteiger charge is -2.09. The molecule has 1 rings (SSSR count). The lowest BCUT2D eigenvalue weighted by molar-refractivity contribution is -0.145. The Morgan fingerprint density at radius 3 is 1.28 bits per heavy atom. The lowest BCUT2D eigenvalue weighted by Crippen LogP contribution is -2.15. The van der Waals surface area contributed by atoms with Crippen LogP contribution in [0.2, 0.25) is 0 Å². The van der Waals surface area contributed by atoms with Crippen LogP contribution in [0.5, 0.6) is 5.75 Å². The molecule has 0 atom stereocenters. The van der Waals surface area contributed by atoms with Crippen LogP contribution < -0.4 is 4.74 Å². The van der Waals surface area contributed by atoms with Crippen molar-refractivity contribution in [2.45, 2.75) is 32.6 Å². The second-order valence-electron chi connectivity index (χ2n) is 9.11. The number of ether oxygens (including phenoxy) is 10. The number of esters is 1. The molecule has 0 saturated heterocycles. The number of rotatable bonds is 33. The third kappa shape index (κ3) is 27.1. The van der Waals surface area contributed by atoms with Gasteiger partial charge < -0.3 is 47.4 Å². The van der Waals surface area contributed by atoms with Gasteiger partial charge in [-0.05, 0) is 30.7 Å². The van der Waals surface area contributed by atoms with Crippen LogP contribution in [0.15, 0.2) is 24.3 Å². The van der Waals surface area contributed by atoms with Crippen molar-refractivity contribution in [2.24, 2.45) is 0 Å². The van der Waals surface area contributed by atoms with E-state index in [2.05, 4.69) is 6.92 Å². The highest BCUT2D eigenvalue weighted by molar-refractivity contribution is 5.74. The maximum absolute atomic E-state index is 11.4. The molecule has 0 aliphatic rings. The molecule has 0 heterocycles. The molecule has 0 bridgehead atoms. The fourth-order valence-corrected chi connectivity index (χ4v) is 3.31. The first-order valence-electron chi connectivity index (χ1n) is 15.2. The van der Waals surface area contributed by atoms with E-state index in [1.54, 1.807) is 24.3 Å². The number of carbonyl (C=O) groups excluding carboxylic acids is 2. The first-order valence-corrected chi connectivity index (χ1v) is 15.2. The quantitative estimate of drug-likeness (QED) is 0.0654. The van der Waals surface area contributed by atoms with Crippen molar-refractivity contribution in [3.05, 3.63) is 29.8 Å². The number of unbranched alkanes of at least 4 members (excludes halogenated alkanes) is 2. The highest BCUT2D eigenvalue weighted by Gasteiger charge is 2.02.